The third-order valence-corrected chi connectivity index (χ3v) is 5.95. The van der Waals surface area contributed by atoms with Crippen LogP contribution in [0.1, 0.15) is 37.8 Å². The maximum absolute atomic E-state index is 13.0. The minimum Gasteiger partial charge on any atom is -0.371 e. The predicted molar refractivity (Wildman–Crippen MR) is 122 cm³/mol. The fraction of sp³-hybridized carbons (Fsp3) is 0.348. The molecule has 0 spiro atoms. The standard InChI is InChI=1S/C23H24ClN7O/c1-2-21(31-28-22(27-29-31)17-5-7-18(24)8-6-17)23(32)26-19-11-13-30(14-12-19)20-9-3-16(15-25)4-10-20/h3-10,19,21H,2,11-14H2,1H3,(H,26,32). The monoisotopic (exact) mass is 449 g/mol. The first-order chi connectivity index (χ1) is 15.6. The van der Waals surface area contributed by atoms with Gasteiger partial charge in [0.2, 0.25) is 11.7 Å². The normalized spacial score (nSPS) is 15.2. The van der Waals surface area contributed by atoms with Gasteiger partial charge in [-0.25, -0.2) is 0 Å². The van der Waals surface area contributed by atoms with E-state index in [9.17, 15) is 4.79 Å². The lowest BCUT2D eigenvalue weighted by Gasteiger charge is -2.34. The van der Waals surface area contributed by atoms with Crippen LogP contribution in [0, 0.1) is 11.3 Å². The summed E-state index contributed by atoms with van der Waals surface area (Å²) >= 11 is 5.94. The van der Waals surface area contributed by atoms with Crippen LogP contribution < -0.4 is 10.2 Å². The summed E-state index contributed by atoms with van der Waals surface area (Å²) in [6.45, 7) is 3.62. The number of rotatable bonds is 6. The third kappa shape index (κ3) is 4.89. The molecule has 164 valence electrons. The largest absolute Gasteiger partial charge is 0.371 e. The zero-order valence-electron chi connectivity index (χ0n) is 17.8. The van der Waals surface area contributed by atoms with Crippen molar-refractivity contribution in [1.29, 1.82) is 5.26 Å². The van der Waals surface area contributed by atoms with Crippen molar-refractivity contribution in [2.24, 2.45) is 0 Å². The second-order valence-electron chi connectivity index (χ2n) is 7.79. The molecule has 1 aromatic heterocycles. The summed E-state index contributed by atoms with van der Waals surface area (Å²) in [5.74, 6) is 0.369. The number of piperidine rings is 1. The number of halogens is 1. The van der Waals surface area contributed by atoms with Gasteiger partial charge in [0.1, 0.15) is 0 Å². The summed E-state index contributed by atoms with van der Waals surface area (Å²) in [7, 11) is 0. The number of nitrogens with one attached hydrogen (secondary N) is 1. The number of tetrazole rings is 1. The minimum atomic E-state index is -0.514. The molecule has 1 unspecified atom stereocenters. The number of carbonyl (C=O) groups excluding carboxylic acids is 1. The van der Waals surface area contributed by atoms with Crippen molar-refractivity contribution in [3.05, 3.63) is 59.1 Å². The molecular formula is C23H24ClN7O. The molecule has 0 radical (unpaired) electrons. The van der Waals surface area contributed by atoms with E-state index in [1.165, 1.54) is 4.80 Å². The molecule has 0 saturated carbocycles. The van der Waals surface area contributed by atoms with E-state index in [1.807, 2.05) is 43.3 Å². The highest BCUT2D eigenvalue weighted by atomic mass is 35.5. The Hall–Kier alpha value is -3.44. The van der Waals surface area contributed by atoms with Crippen molar-refractivity contribution < 1.29 is 4.79 Å². The van der Waals surface area contributed by atoms with Gasteiger partial charge in [0.05, 0.1) is 11.6 Å². The summed E-state index contributed by atoms with van der Waals surface area (Å²) in [5.41, 5.74) is 2.55. The molecule has 2 aromatic carbocycles. The van der Waals surface area contributed by atoms with Crippen LogP contribution in [-0.2, 0) is 4.79 Å². The van der Waals surface area contributed by atoms with E-state index in [4.69, 9.17) is 16.9 Å². The van der Waals surface area contributed by atoms with Crippen LogP contribution >= 0.6 is 11.6 Å². The number of nitrogens with zero attached hydrogens (tertiary/aromatic N) is 6. The number of benzene rings is 2. The van der Waals surface area contributed by atoms with Gasteiger partial charge >= 0.3 is 0 Å². The van der Waals surface area contributed by atoms with Crippen molar-refractivity contribution in [2.45, 2.75) is 38.3 Å². The lowest BCUT2D eigenvalue weighted by Crippen LogP contribution is -2.46. The van der Waals surface area contributed by atoms with E-state index in [0.717, 1.165) is 37.2 Å². The van der Waals surface area contributed by atoms with Crippen LogP contribution in [0.5, 0.6) is 0 Å². The molecule has 0 bridgehead atoms. The van der Waals surface area contributed by atoms with E-state index < -0.39 is 6.04 Å². The molecule has 1 saturated heterocycles. The first-order valence-electron chi connectivity index (χ1n) is 10.7. The van der Waals surface area contributed by atoms with Crippen LogP contribution in [0.3, 0.4) is 0 Å². The first-order valence-corrected chi connectivity index (χ1v) is 11.1. The topological polar surface area (TPSA) is 99.7 Å². The molecule has 2 heterocycles. The van der Waals surface area contributed by atoms with Crippen molar-refractivity contribution in [1.82, 2.24) is 25.5 Å². The lowest BCUT2D eigenvalue weighted by molar-refractivity contribution is -0.125. The minimum absolute atomic E-state index is 0.0932. The van der Waals surface area contributed by atoms with E-state index in [2.05, 4.69) is 31.7 Å². The van der Waals surface area contributed by atoms with Crippen LogP contribution in [0.4, 0.5) is 5.69 Å². The number of amides is 1. The Kier molecular flexibility index (Phi) is 6.66. The number of anilines is 1. The molecule has 1 aliphatic heterocycles. The Morgan fingerprint density at radius 1 is 1.19 bits per heavy atom. The lowest BCUT2D eigenvalue weighted by atomic mass is 10.0. The van der Waals surface area contributed by atoms with Crippen molar-refractivity contribution in [2.75, 3.05) is 18.0 Å². The molecule has 32 heavy (non-hydrogen) atoms. The number of hydrogen-bond donors (Lipinski definition) is 1. The average Bonchev–Trinajstić information content (AvgIpc) is 3.30. The molecule has 3 aromatic rings. The molecule has 1 fully saturated rings. The number of nitriles is 1. The van der Waals surface area contributed by atoms with Crippen molar-refractivity contribution >= 4 is 23.2 Å². The summed E-state index contributed by atoms with van der Waals surface area (Å²) in [6, 6.07) is 16.5. The van der Waals surface area contributed by atoms with E-state index >= 15 is 0 Å². The maximum Gasteiger partial charge on any atom is 0.247 e. The Labute approximate surface area is 191 Å². The fourth-order valence-electron chi connectivity index (χ4n) is 3.85. The highest BCUT2D eigenvalue weighted by Crippen LogP contribution is 2.22. The van der Waals surface area contributed by atoms with Crippen LogP contribution in [0.15, 0.2) is 48.5 Å². The smallest absolute Gasteiger partial charge is 0.247 e. The zero-order valence-corrected chi connectivity index (χ0v) is 18.5. The Bertz CT molecular complexity index is 1100. The SMILES string of the molecule is CCC(C(=O)NC1CCN(c2ccc(C#N)cc2)CC1)n1nnc(-c2ccc(Cl)cc2)n1. The molecule has 9 heteroatoms. The zero-order chi connectivity index (χ0) is 22.5. The highest BCUT2D eigenvalue weighted by molar-refractivity contribution is 6.30. The van der Waals surface area contributed by atoms with Crippen LogP contribution in [-0.4, -0.2) is 45.2 Å². The molecule has 1 amide bonds. The Morgan fingerprint density at radius 2 is 1.88 bits per heavy atom. The molecule has 1 atom stereocenters. The Balaban J connectivity index is 1.35. The highest BCUT2D eigenvalue weighted by Gasteiger charge is 2.26. The van der Waals surface area contributed by atoms with E-state index in [-0.39, 0.29) is 11.9 Å². The van der Waals surface area contributed by atoms with Gasteiger partial charge in [0, 0.05) is 35.4 Å². The summed E-state index contributed by atoms with van der Waals surface area (Å²) < 4.78 is 0. The molecular weight excluding hydrogens is 426 g/mol. The average molecular weight is 450 g/mol. The van der Waals surface area contributed by atoms with Crippen LogP contribution in [0.25, 0.3) is 11.4 Å². The van der Waals surface area contributed by atoms with Gasteiger partial charge in [-0.1, -0.05) is 18.5 Å². The molecule has 0 aliphatic carbocycles. The summed E-state index contributed by atoms with van der Waals surface area (Å²) in [6.07, 6.45) is 2.26. The molecule has 4 rings (SSSR count). The van der Waals surface area contributed by atoms with Gasteiger partial charge in [-0.3, -0.25) is 4.79 Å². The van der Waals surface area contributed by atoms with Crippen molar-refractivity contribution in [3.63, 3.8) is 0 Å². The van der Waals surface area contributed by atoms with Gasteiger partial charge < -0.3 is 10.2 Å². The molecule has 1 N–H and O–H groups in total. The summed E-state index contributed by atoms with van der Waals surface area (Å²) in [5, 5.41) is 25.4. The fourth-order valence-corrected chi connectivity index (χ4v) is 3.98. The Morgan fingerprint density at radius 3 is 2.50 bits per heavy atom. The van der Waals surface area contributed by atoms with Crippen molar-refractivity contribution in [3.8, 4) is 17.5 Å². The second kappa shape index (κ2) is 9.79. The van der Waals surface area contributed by atoms with E-state index in [0.29, 0.717) is 22.8 Å². The van der Waals surface area contributed by atoms with Gasteiger partial charge in [0.15, 0.2) is 6.04 Å². The number of carbonyl (C=O) groups is 1. The second-order valence-corrected chi connectivity index (χ2v) is 8.23. The summed E-state index contributed by atoms with van der Waals surface area (Å²) in [4.78, 5) is 16.6. The predicted octanol–water partition coefficient (Wildman–Crippen LogP) is 3.60. The van der Waals surface area contributed by atoms with Crippen LogP contribution in [0.2, 0.25) is 5.02 Å². The number of hydrogen-bond acceptors (Lipinski definition) is 6. The quantitative estimate of drug-likeness (QED) is 0.617. The first kappa shape index (κ1) is 21.8. The van der Waals surface area contributed by atoms with Gasteiger partial charge in [-0.05, 0) is 73.0 Å². The molecule has 8 nitrogen and oxygen atoms in total. The maximum atomic E-state index is 13.0. The molecule has 1 aliphatic rings. The third-order valence-electron chi connectivity index (χ3n) is 5.70. The number of aromatic nitrogens is 4. The van der Waals surface area contributed by atoms with Gasteiger partial charge in [-0.2, -0.15) is 10.1 Å². The van der Waals surface area contributed by atoms with Gasteiger partial charge in [-0.15, -0.1) is 10.2 Å². The van der Waals surface area contributed by atoms with E-state index in [1.54, 1.807) is 12.1 Å². The van der Waals surface area contributed by atoms with Gasteiger partial charge in [0.25, 0.3) is 0 Å².